The molecule has 2 aromatic carbocycles. The van der Waals surface area contributed by atoms with E-state index in [1.165, 1.54) is 5.56 Å². The number of methoxy groups -OCH3 is 2. The van der Waals surface area contributed by atoms with E-state index in [1.807, 2.05) is 12.1 Å². The molecule has 2 fully saturated rings. The van der Waals surface area contributed by atoms with Crippen LogP contribution in [0.4, 0.5) is 5.69 Å². The van der Waals surface area contributed by atoms with Gasteiger partial charge in [-0.3, -0.25) is 4.90 Å². The fraction of sp³-hybridized carbons (Fsp3) is 0.625. The van der Waals surface area contributed by atoms with E-state index in [-0.39, 0.29) is 18.1 Å². The second-order valence-corrected chi connectivity index (χ2v) is 11.2. The molecule has 3 aliphatic heterocycles. The van der Waals surface area contributed by atoms with Gasteiger partial charge in [-0.15, -0.1) is 0 Å². The average molecular weight is 570 g/mol. The maximum absolute atomic E-state index is 6.68. The third kappa shape index (κ3) is 7.91. The van der Waals surface area contributed by atoms with Gasteiger partial charge in [0.15, 0.2) is 0 Å². The van der Waals surface area contributed by atoms with Crippen molar-refractivity contribution in [2.45, 2.75) is 44.1 Å². The van der Waals surface area contributed by atoms with Crippen molar-refractivity contribution in [3.8, 4) is 11.5 Å². The molecule has 3 heterocycles. The zero-order valence-corrected chi connectivity index (χ0v) is 24.9. The van der Waals surface area contributed by atoms with E-state index in [4.69, 9.17) is 28.4 Å². The van der Waals surface area contributed by atoms with Gasteiger partial charge in [0, 0.05) is 58.4 Å². The highest BCUT2D eigenvalue weighted by molar-refractivity contribution is 5.61. The second-order valence-electron chi connectivity index (χ2n) is 11.2. The van der Waals surface area contributed by atoms with Crippen LogP contribution in [0.5, 0.6) is 11.5 Å². The van der Waals surface area contributed by atoms with E-state index in [2.05, 4.69) is 52.4 Å². The van der Waals surface area contributed by atoms with Gasteiger partial charge in [-0.1, -0.05) is 18.2 Å². The van der Waals surface area contributed by atoms with E-state index in [0.29, 0.717) is 25.9 Å². The molecule has 0 aromatic heterocycles. The maximum atomic E-state index is 6.68. The summed E-state index contributed by atoms with van der Waals surface area (Å²) in [5.74, 6) is 1.90. The molecule has 2 saturated heterocycles. The Morgan fingerprint density at radius 1 is 0.927 bits per heavy atom. The summed E-state index contributed by atoms with van der Waals surface area (Å²) in [6.07, 6.45) is 0.959. The number of hydrogen-bond donors (Lipinski definition) is 1. The molecule has 2 aromatic rings. The Hall–Kier alpha value is -2.40. The van der Waals surface area contributed by atoms with E-state index in [9.17, 15) is 0 Å². The Kier molecular flexibility index (Phi) is 11.1. The summed E-state index contributed by atoms with van der Waals surface area (Å²) in [4.78, 5) is 4.84. The Bertz CT molecular complexity index is 1070. The summed E-state index contributed by atoms with van der Waals surface area (Å²) in [6, 6.07) is 15.2. The second kappa shape index (κ2) is 15.2. The fourth-order valence-corrected chi connectivity index (χ4v) is 6.10. The zero-order valence-electron chi connectivity index (χ0n) is 24.9. The highest BCUT2D eigenvalue weighted by atomic mass is 16.5. The lowest BCUT2D eigenvalue weighted by molar-refractivity contribution is -0.0706. The molecule has 0 bridgehead atoms. The number of benzene rings is 2. The number of ether oxygens (including phenoxy) is 6. The Labute approximate surface area is 245 Å². The predicted octanol–water partition coefficient (Wildman–Crippen LogP) is 3.31. The van der Waals surface area contributed by atoms with Crippen LogP contribution >= 0.6 is 0 Å². The minimum Gasteiger partial charge on any atom is -0.497 e. The number of rotatable bonds is 13. The third-order valence-electron chi connectivity index (χ3n) is 8.43. The molecule has 0 radical (unpaired) electrons. The quantitative estimate of drug-likeness (QED) is 0.366. The minimum absolute atomic E-state index is 0.00620. The first kappa shape index (κ1) is 30.1. The van der Waals surface area contributed by atoms with Crippen molar-refractivity contribution in [1.82, 2.24) is 10.2 Å². The summed E-state index contributed by atoms with van der Waals surface area (Å²) in [6.45, 7) is 11.7. The number of nitrogens with one attached hydrogen (secondary N) is 1. The molecule has 4 atom stereocenters. The number of anilines is 1. The van der Waals surface area contributed by atoms with E-state index < -0.39 is 0 Å². The van der Waals surface area contributed by atoms with Crippen LogP contribution in [0.2, 0.25) is 0 Å². The summed E-state index contributed by atoms with van der Waals surface area (Å²) in [5.41, 5.74) is 3.49. The van der Waals surface area contributed by atoms with Crippen molar-refractivity contribution in [2.24, 2.45) is 0 Å². The highest BCUT2D eigenvalue weighted by Gasteiger charge is 2.36. The molecule has 9 nitrogen and oxygen atoms in total. The topological polar surface area (TPSA) is 73.9 Å². The highest BCUT2D eigenvalue weighted by Crippen LogP contribution is 2.35. The maximum Gasteiger partial charge on any atom is 0.142 e. The zero-order chi connectivity index (χ0) is 28.4. The van der Waals surface area contributed by atoms with Gasteiger partial charge in [0.2, 0.25) is 0 Å². The van der Waals surface area contributed by atoms with Gasteiger partial charge in [0.05, 0.1) is 58.0 Å². The van der Waals surface area contributed by atoms with Gasteiger partial charge in [-0.2, -0.15) is 0 Å². The Morgan fingerprint density at radius 3 is 2.54 bits per heavy atom. The van der Waals surface area contributed by atoms with E-state index in [1.54, 1.807) is 14.2 Å². The summed E-state index contributed by atoms with van der Waals surface area (Å²) < 4.78 is 35.5. The van der Waals surface area contributed by atoms with Gasteiger partial charge in [-0.25, -0.2) is 0 Å². The van der Waals surface area contributed by atoms with Crippen molar-refractivity contribution in [3.05, 3.63) is 53.6 Å². The fourth-order valence-electron chi connectivity index (χ4n) is 6.10. The van der Waals surface area contributed by atoms with Crippen molar-refractivity contribution < 1.29 is 28.4 Å². The Morgan fingerprint density at radius 2 is 1.76 bits per heavy atom. The van der Waals surface area contributed by atoms with Crippen LogP contribution in [0.25, 0.3) is 0 Å². The van der Waals surface area contributed by atoms with Gasteiger partial charge >= 0.3 is 0 Å². The van der Waals surface area contributed by atoms with Crippen LogP contribution in [-0.2, 0) is 25.6 Å². The lowest BCUT2D eigenvalue weighted by Crippen LogP contribution is -2.51. The molecule has 9 heteroatoms. The van der Waals surface area contributed by atoms with Crippen LogP contribution in [-0.4, -0.2) is 110 Å². The third-order valence-corrected chi connectivity index (χ3v) is 8.43. The molecule has 0 saturated carbocycles. The van der Waals surface area contributed by atoms with Crippen molar-refractivity contribution in [2.75, 3.05) is 91.4 Å². The van der Waals surface area contributed by atoms with Crippen LogP contribution in [0.15, 0.2) is 42.5 Å². The lowest BCUT2D eigenvalue weighted by Gasteiger charge is -2.39. The molecule has 41 heavy (non-hydrogen) atoms. The Balaban J connectivity index is 1.26. The average Bonchev–Trinajstić information content (AvgIpc) is 3.01. The van der Waals surface area contributed by atoms with E-state index >= 15 is 0 Å². The molecular weight excluding hydrogens is 522 g/mol. The van der Waals surface area contributed by atoms with Crippen molar-refractivity contribution in [3.63, 3.8) is 0 Å². The summed E-state index contributed by atoms with van der Waals surface area (Å²) >= 11 is 0. The summed E-state index contributed by atoms with van der Waals surface area (Å²) in [7, 11) is 3.45. The van der Waals surface area contributed by atoms with Gasteiger partial charge in [0.25, 0.3) is 0 Å². The molecule has 0 aliphatic carbocycles. The molecular formula is C32H47N3O6. The molecule has 5 rings (SSSR count). The van der Waals surface area contributed by atoms with Crippen LogP contribution in [0, 0.1) is 0 Å². The number of piperidine rings is 1. The molecule has 0 amide bonds. The monoisotopic (exact) mass is 569 g/mol. The van der Waals surface area contributed by atoms with Crippen molar-refractivity contribution in [1.29, 1.82) is 0 Å². The van der Waals surface area contributed by atoms with Crippen LogP contribution < -0.4 is 19.7 Å². The largest absolute Gasteiger partial charge is 0.497 e. The molecule has 0 spiro atoms. The minimum atomic E-state index is -0.0328. The first-order valence-electron chi connectivity index (χ1n) is 15.1. The van der Waals surface area contributed by atoms with Gasteiger partial charge in [-0.05, 0) is 48.7 Å². The first-order chi connectivity index (χ1) is 20.2. The van der Waals surface area contributed by atoms with Crippen molar-refractivity contribution >= 4 is 5.69 Å². The number of morpholine rings is 1. The smallest absolute Gasteiger partial charge is 0.142 e. The van der Waals surface area contributed by atoms with Crippen LogP contribution in [0.1, 0.15) is 30.4 Å². The normalized spacial score (nSPS) is 25.0. The first-order valence-corrected chi connectivity index (χ1v) is 15.1. The number of nitrogens with zero attached hydrogens (tertiary/aromatic N) is 2. The molecule has 1 unspecified atom stereocenters. The molecule has 1 N–H and O–H groups in total. The lowest BCUT2D eigenvalue weighted by atomic mass is 9.85. The van der Waals surface area contributed by atoms with Crippen LogP contribution in [0.3, 0.4) is 0 Å². The van der Waals surface area contributed by atoms with Gasteiger partial charge < -0.3 is 38.6 Å². The SMILES string of the molecule is COCCCN1CCOc2ccc(CO[C@H]3CNCC(OCCN4CCOC[C@H]4C)[C@@H]3c3ccc(OC)cc3)cc21. The summed E-state index contributed by atoms with van der Waals surface area (Å²) in [5, 5.41) is 3.58. The standard InChI is InChI=1S/C32H47N3O6/c1-24-22-38-16-12-34(24)13-17-40-30-20-33-21-31(32(30)26-6-8-27(37-3)9-7-26)41-23-25-5-10-29-28(19-25)35(14-18-39-29)11-4-15-36-2/h5-10,19,24,30-33H,4,11-18,20-23H2,1-3H3/t24-,30?,31+,32+/m1/s1. The van der Waals surface area contributed by atoms with E-state index in [0.717, 1.165) is 88.3 Å². The van der Waals surface area contributed by atoms with Gasteiger partial charge in [0.1, 0.15) is 18.1 Å². The molecule has 3 aliphatic rings. The number of fused-ring (bicyclic) bond motifs is 1. The number of hydrogen-bond acceptors (Lipinski definition) is 9. The molecule has 226 valence electrons. The predicted molar refractivity (Wildman–Crippen MR) is 159 cm³/mol.